The Labute approximate surface area is 430 Å². The second-order valence-corrected chi connectivity index (χ2v) is 24.5. The van der Waals surface area contributed by atoms with Gasteiger partial charge in [-0.3, -0.25) is 0 Å². The Morgan fingerprint density at radius 2 is 0.863 bits per heavy atom. The zero-order valence-electron chi connectivity index (χ0n) is 43.8. The number of aryl methyl sites for hydroxylation is 2. The fourth-order valence-corrected chi connectivity index (χ4v) is 15.2. The summed E-state index contributed by atoms with van der Waals surface area (Å²) in [5.41, 5.74) is 36.5. The quantitative estimate of drug-likeness (QED) is 0.171. The van der Waals surface area contributed by atoms with Gasteiger partial charge < -0.3 is 4.42 Å². The first-order valence-corrected chi connectivity index (χ1v) is 26.6. The Hall–Kier alpha value is -7.48. The summed E-state index contributed by atoms with van der Waals surface area (Å²) < 4.78 is 6.75. The van der Waals surface area contributed by atoms with Gasteiger partial charge in [0.1, 0.15) is 11.2 Å². The van der Waals surface area contributed by atoms with E-state index in [9.17, 15) is 0 Å². The molecule has 9 aromatic carbocycles. The van der Waals surface area contributed by atoms with Gasteiger partial charge in [-0.15, -0.1) is 0 Å². The van der Waals surface area contributed by atoms with E-state index in [2.05, 4.69) is 221 Å². The molecule has 5 aliphatic carbocycles. The molecule has 5 aliphatic rings. The average Bonchev–Trinajstić information content (AvgIpc) is 4.14. The Balaban J connectivity index is 0.856. The summed E-state index contributed by atoms with van der Waals surface area (Å²) in [7, 11) is 0. The molecule has 0 saturated heterocycles. The summed E-state index contributed by atoms with van der Waals surface area (Å²) in [6.45, 7) is 28.8. The van der Waals surface area contributed by atoms with Crippen molar-refractivity contribution in [3.8, 4) is 55.6 Å². The predicted octanol–water partition coefficient (Wildman–Crippen LogP) is 18.8. The number of hydrogen-bond donors (Lipinski definition) is 0. The molecule has 0 N–H and O–H groups in total. The molecule has 1 unspecified atom stereocenters. The first kappa shape index (κ1) is 43.1. The smallest absolute Gasteiger partial charge is 0.143 e. The normalized spacial score (nSPS) is 17.1. The monoisotopic (exact) mass is 940 g/mol. The third-order valence-electron chi connectivity index (χ3n) is 19.4. The lowest BCUT2D eigenvalue weighted by Gasteiger charge is -2.27. The molecule has 15 rings (SSSR count). The first-order chi connectivity index (χ1) is 35.0. The maximum atomic E-state index is 6.75. The third-order valence-corrected chi connectivity index (χ3v) is 19.4. The van der Waals surface area contributed by atoms with Crippen molar-refractivity contribution in [2.24, 2.45) is 0 Å². The SMILES string of the molecule is C=C1c2ccccc2-c2ccc3c(c21)-c1cc2c(cc1C3(C)C)-c1ccc(C(Cc3c(C)cccc3C)c3ccc4c(c3)C(C)(C)c3cc5c(cc3-4)C(C)(C)c3ccc4c(oc6ccccc64)c3-5)cc1C2(C)C. The number of fused-ring (bicyclic) bond motifs is 20. The van der Waals surface area contributed by atoms with E-state index in [4.69, 9.17) is 11.0 Å². The van der Waals surface area contributed by atoms with E-state index in [0.29, 0.717) is 0 Å². The molecular weight excluding hydrogens is 881 g/mol. The summed E-state index contributed by atoms with van der Waals surface area (Å²) in [4.78, 5) is 0. The van der Waals surface area contributed by atoms with Gasteiger partial charge in [-0.25, -0.2) is 0 Å². The first-order valence-electron chi connectivity index (χ1n) is 26.6. The highest BCUT2D eigenvalue weighted by Gasteiger charge is 2.46. The lowest BCUT2D eigenvalue weighted by Crippen LogP contribution is -2.18. The molecule has 1 atom stereocenters. The van der Waals surface area contributed by atoms with Crippen molar-refractivity contribution in [3.63, 3.8) is 0 Å². The molecule has 0 radical (unpaired) electrons. The standard InChI is InChI=1S/C72H60O/c1-38-17-16-18-39(2)50(38)33-51(42-24-26-46-53-35-63-55(37-61(53)72(10,11)59(46)32-42)67-57(70(63,6)7)30-28-49-47-21-14-15-22-64(47)73-68(49)67)41-23-25-45-52-34-62-54(36-60(52)71(8,9)58(45)31-41)66-56(69(62,4)5)29-27-48-44-20-13-12-19-43(44)40(3)65(48)66/h12-32,34-37,51H,3,33H2,1-2,4-11H3. The van der Waals surface area contributed by atoms with Crippen LogP contribution in [0.1, 0.15) is 145 Å². The predicted molar refractivity (Wildman–Crippen MR) is 305 cm³/mol. The molecule has 0 bridgehead atoms. The summed E-state index contributed by atoms with van der Waals surface area (Å²) in [5, 5.41) is 2.37. The van der Waals surface area contributed by atoms with Crippen LogP contribution in [0, 0.1) is 13.8 Å². The van der Waals surface area contributed by atoms with Crippen LogP contribution in [0.2, 0.25) is 0 Å². The molecule has 0 fully saturated rings. The highest BCUT2D eigenvalue weighted by molar-refractivity contribution is 6.12. The van der Waals surface area contributed by atoms with Crippen LogP contribution in [0.5, 0.6) is 0 Å². The molecule has 0 amide bonds. The molecule has 0 aliphatic heterocycles. The third kappa shape index (κ3) is 5.38. The fourth-order valence-electron chi connectivity index (χ4n) is 15.2. The maximum absolute atomic E-state index is 6.75. The van der Waals surface area contributed by atoms with Gasteiger partial charge >= 0.3 is 0 Å². The highest BCUT2D eigenvalue weighted by atomic mass is 16.3. The van der Waals surface area contributed by atoms with Crippen LogP contribution in [0.25, 0.3) is 83.1 Å². The summed E-state index contributed by atoms with van der Waals surface area (Å²) >= 11 is 0. The van der Waals surface area contributed by atoms with Gasteiger partial charge in [-0.05, 0) is 190 Å². The van der Waals surface area contributed by atoms with Crippen molar-refractivity contribution in [2.75, 3.05) is 0 Å². The molecule has 1 heteroatoms. The Morgan fingerprint density at radius 1 is 0.384 bits per heavy atom. The molecule has 1 aromatic heterocycles. The number of furan rings is 1. The summed E-state index contributed by atoms with van der Waals surface area (Å²) in [5.74, 6) is 0.151. The zero-order chi connectivity index (χ0) is 50.0. The molecule has 0 saturated carbocycles. The minimum atomic E-state index is -0.211. The van der Waals surface area contributed by atoms with E-state index in [1.165, 1.54) is 150 Å². The van der Waals surface area contributed by atoms with Gasteiger partial charge in [0, 0.05) is 43.9 Å². The van der Waals surface area contributed by atoms with Crippen LogP contribution in [-0.4, -0.2) is 0 Å². The summed E-state index contributed by atoms with van der Waals surface area (Å²) in [6, 6.07) is 58.8. The minimum absolute atomic E-state index is 0.143. The maximum Gasteiger partial charge on any atom is 0.143 e. The number of para-hydroxylation sites is 1. The zero-order valence-corrected chi connectivity index (χ0v) is 43.8. The Morgan fingerprint density at radius 3 is 1.49 bits per heavy atom. The van der Waals surface area contributed by atoms with Crippen LogP contribution >= 0.6 is 0 Å². The van der Waals surface area contributed by atoms with Gasteiger partial charge in [0.15, 0.2) is 0 Å². The van der Waals surface area contributed by atoms with Gasteiger partial charge in [0.05, 0.1) is 0 Å². The largest absolute Gasteiger partial charge is 0.455 e. The van der Waals surface area contributed by atoms with Gasteiger partial charge in [0.2, 0.25) is 0 Å². The van der Waals surface area contributed by atoms with Crippen molar-refractivity contribution in [1.82, 2.24) is 0 Å². The summed E-state index contributed by atoms with van der Waals surface area (Å²) in [6.07, 6.45) is 0.931. The molecule has 354 valence electrons. The lowest BCUT2D eigenvalue weighted by molar-refractivity contribution is 0.648. The number of benzene rings is 9. The van der Waals surface area contributed by atoms with Crippen LogP contribution in [-0.2, 0) is 28.1 Å². The van der Waals surface area contributed by atoms with E-state index >= 15 is 0 Å². The van der Waals surface area contributed by atoms with Crippen LogP contribution in [0.4, 0.5) is 0 Å². The van der Waals surface area contributed by atoms with E-state index in [0.717, 1.165) is 23.2 Å². The topological polar surface area (TPSA) is 13.1 Å². The van der Waals surface area contributed by atoms with Crippen molar-refractivity contribution in [2.45, 2.75) is 103 Å². The number of hydrogen-bond acceptors (Lipinski definition) is 1. The molecular formula is C72H60O. The van der Waals surface area contributed by atoms with Crippen molar-refractivity contribution in [3.05, 3.63) is 242 Å². The van der Waals surface area contributed by atoms with Gasteiger partial charge in [-0.2, -0.15) is 0 Å². The molecule has 1 nitrogen and oxygen atoms in total. The lowest BCUT2D eigenvalue weighted by atomic mass is 9.76. The Bertz CT molecular complexity index is 4190. The number of rotatable bonds is 4. The van der Waals surface area contributed by atoms with E-state index in [1.807, 2.05) is 0 Å². The van der Waals surface area contributed by atoms with Gasteiger partial charge in [0.25, 0.3) is 0 Å². The average molecular weight is 941 g/mol. The molecule has 0 spiro atoms. The minimum Gasteiger partial charge on any atom is -0.455 e. The van der Waals surface area contributed by atoms with Crippen LogP contribution in [0.3, 0.4) is 0 Å². The van der Waals surface area contributed by atoms with Crippen LogP contribution < -0.4 is 0 Å². The molecule has 73 heavy (non-hydrogen) atoms. The van der Waals surface area contributed by atoms with E-state index < -0.39 is 0 Å². The van der Waals surface area contributed by atoms with Crippen molar-refractivity contribution in [1.29, 1.82) is 0 Å². The van der Waals surface area contributed by atoms with Crippen LogP contribution in [0.15, 0.2) is 163 Å². The second-order valence-electron chi connectivity index (χ2n) is 24.5. The van der Waals surface area contributed by atoms with Crippen molar-refractivity contribution < 1.29 is 4.42 Å². The highest BCUT2D eigenvalue weighted by Crippen LogP contribution is 2.62. The Kier molecular flexibility index (Phi) is 8.25. The second kappa shape index (κ2) is 14.0. The molecule has 10 aromatic rings. The fraction of sp³-hybridized carbons (Fsp3) is 0.222. The van der Waals surface area contributed by atoms with Gasteiger partial charge in [-0.1, -0.05) is 183 Å². The molecule has 1 heterocycles. The van der Waals surface area contributed by atoms with Crippen molar-refractivity contribution >= 4 is 27.5 Å². The van der Waals surface area contributed by atoms with E-state index in [1.54, 1.807) is 0 Å². The van der Waals surface area contributed by atoms with E-state index in [-0.39, 0.29) is 27.6 Å².